The van der Waals surface area contributed by atoms with Crippen LogP contribution in [0.3, 0.4) is 0 Å². The third-order valence-electron chi connectivity index (χ3n) is 4.74. The van der Waals surface area contributed by atoms with E-state index in [0.717, 1.165) is 30.9 Å². The van der Waals surface area contributed by atoms with Crippen molar-refractivity contribution in [2.24, 2.45) is 0 Å². The normalized spacial score (nSPS) is 16.1. The van der Waals surface area contributed by atoms with Gasteiger partial charge in [-0.2, -0.15) is 0 Å². The van der Waals surface area contributed by atoms with Crippen molar-refractivity contribution < 1.29 is 9.47 Å². The summed E-state index contributed by atoms with van der Waals surface area (Å²) in [5.41, 5.74) is 2.51. The molecule has 1 atom stereocenters. The Kier molecular flexibility index (Phi) is 5.76. The molecule has 0 aromatic heterocycles. The van der Waals surface area contributed by atoms with E-state index in [0.29, 0.717) is 12.1 Å². The van der Waals surface area contributed by atoms with E-state index in [-0.39, 0.29) is 0 Å². The van der Waals surface area contributed by atoms with Crippen LogP contribution in [0.1, 0.15) is 49.8 Å². The number of benzene rings is 2. The van der Waals surface area contributed by atoms with Crippen LogP contribution in [0.15, 0.2) is 48.5 Å². The van der Waals surface area contributed by atoms with Gasteiger partial charge in [-0.1, -0.05) is 36.4 Å². The standard InChI is InChI=1S/C21H27NO2/c1-16(18-8-4-3-5-9-18)22-15-17-12-13-20(23-2)21(14-17)24-19-10-6-7-11-19/h3-5,8-9,12-14,16,19,22H,6-7,10-11,15H2,1-2H3. The van der Waals surface area contributed by atoms with Crippen LogP contribution >= 0.6 is 0 Å². The van der Waals surface area contributed by atoms with Gasteiger partial charge in [-0.25, -0.2) is 0 Å². The first-order valence-electron chi connectivity index (χ1n) is 8.88. The topological polar surface area (TPSA) is 30.5 Å². The Morgan fingerprint density at radius 3 is 2.50 bits per heavy atom. The molecule has 3 heteroatoms. The van der Waals surface area contributed by atoms with E-state index < -0.39 is 0 Å². The van der Waals surface area contributed by atoms with Crippen LogP contribution < -0.4 is 14.8 Å². The predicted octanol–water partition coefficient (Wildman–Crippen LogP) is 4.87. The molecule has 1 saturated carbocycles. The highest BCUT2D eigenvalue weighted by atomic mass is 16.5. The second-order valence-corrected chi connectivity index (χ2v) is 6.52. The molecule has 1 aliphatic carbocycles. The maximum atomic E-state index is 6.18. The van der Waals surface area contributed by atoms with Gasteiger partial charge in [0.2, 0.25) is 0 Å². The number of rotatable bonds is 7. The maximum Gasteiger partial charge on any atom is 0.161 e. The highest BCUT2D eigenvalue weighted by Gasteiger charge is 2.18. The van der Waals surface area contributed by atoms with Gasteiger partial charge in [0.05, 0.1) is 13.2 Å². The van der Waals surface area contributed by atoms with Crippen LogP contribution in [0.2, 0.25) is 0 Å². The average Bonchev–Trinajstić information content (AvgIpc) is 3.13. The van der Waals surface area contributed by atoms with Crippen LogP contribution in [0, 0.1) is 0 Å². The largest absolute Gasteiger partial charge is 0.493 e. The summed E-state index contributed by atoms with van der Waals surface area (Å²) in [5.74, 6) is 1.69. The Labute approximate surface area is 145 Å². The minimum Gasteiger partial charge on any atom is -0.493 e. The monoisotopic (exact) mass is 325 g/mol. The van der Waals surface area contributed by atoms with Crippen molar-refractivity contribution in [2.75, 3.05) is 7.11 Å². The summed E-state index contributed by atoms with van der Waals surface area (Å²) in [7, 11) is 1.70. The fourth-order valence-corrected chi connectivity index (χ4v) is 3.24. The van der Waals surface area contributed by atoms with Crippen LogP contribution in [0.4, 0.5) is 0 Å². The third kappa shape index (κ3) is 4.30. The molecule has 1 aliphatic rings. The van der Waals surface area contributed by atoms with Gasteiger partial charge in [-0.15, -0.1) is 0 Å². The van der Waals surface area contributed by atoms with Crippen molar-refractivity contribution in [3.63, 3.8) is 0 Å². The minimum atomic E-state index is 0.313. The molecule has 0 aliphatic heterocycles. The molecule has 0 radical (unpaired) electrons. The summed E-state index contributed by atoms with van der Waals surface area (Å²) in [5, 5.41) is 3.58. The fourth-order valence-electron chi connectivity index (χ4n) is 3.24. The van der Waals surface area contributed by atoms with E-state index in [4.69, 9.17) is 9.47 Å². The van der Waals surface area contributed by atoms with Crippen LogP contribution in [0.5, 0.6) is 11.5 Å². The first kappa shape index (κ1) is 16.8. The lowest BCUT2D eigenvalue weighted by molar-refractivity contribution is 0.200. The lowest BCUT2D eigenvalue weighted by Crippen LogP contribution is -2.18. The van der Waals surface area contributed by atoms with E-state index in [9.17, 15) is 0 Å². The van der Waals surface area contributed by atoms with Crippen LogP contribution in [-0.2, 0) is 6.54 Å². The SMILES string of the molecule is COc1ccc(CNC(C)c2ccccc2)cc1OC1CCCC1. The van der Waals surface area contributed by atoms with Gasteiger partial charge in [-0.05, 0) is 55.9 Å². The smallest absolute Gasteiger partial charge is 0.161 e. The zero-order chi connectivity index (χ0) is 16.8. The summed E-state index contributed by atoms with van der Waals surface area (Å²) < 4.78 is 11.6. The summed E-state index contributed by atoms with van der Waals surface area (Å²) in [6.07, 6.45) is 5.17. The highest BCUT2D eigenvalue weighted by Crippen LogP contribution is 2.32. The van der Waals surface area contributed by atoms with Crippen molar-refractivity contribution in [3.8, 4) is 11.5 Å². The van der Waals surface area contributed by atoms with Crippen molar-refractivity contribution in [1.82, 2.24) is 5.32 Å². The van der Waals surface area contributed by atoms with E-state index in [1.54, 1.807) is 7.11 Å². The van der Waals surface area contributed by atoms with Crippen molar-refractivity contribution in [3.05, 3.63) is 59.7 Å². The van der Waals surface area contributed by atoms with Gasteiger partial charge < -0.3 is 14.8 Å². The molecule has 2 aromatic carbocycles. The lowest BCUT2D eigenvalue weighted by Gasteiger charge is -2.18. The molecular formula is C21H27NO2. The Morgan fingerprint density at radius 2 is 1.79 bits per heavy atom. The fraction of sp³-hybridized carbons (Fsp3) is 0.429. The molecular weight excluding hydrogens is 298 g/mol. The van der Waals surface area contributed by atoms with E-state index in [1.807, 2.05) is 12.1 Å². The molecule has 1 N–H and O–H groups in total. The molecule has 1 fully saturated rings. The zero-order valence-electron chi connectivity index (χ0n) is 14.6. The molecule has 0 saturated heterocycles. The number of nitrogens with one attached hydrogen (secondary N) is 1. The first-order valence-corrected chi connectivity index (χ1v) is 8.88. The van der Waals surface area contributed by atoms with E-state index in [1.165, 1.54) is 24.0 Å². The second-order valence-electron chi connectivity index (χ2n) is 6.52. The molecule has 0 heterocycles. The van der Waals surface area contributed by atoms with Crippen molar-refractivity contribution in [1.29, 1.82) is 0 Å². The van der Waals surface area contributed by atoms with Crippen LogP contribution in [-0.4, -0.2) is 13.2 Å². The van der Waals surface area contributed by atoms with E-state index in [2.05, 4.69) is 48.6 Å². The van der Waals surface area contributed by atoms with Crippen molar-refractivity contribution >= 4 is 0 Å². The summed E-state index contributed by atoms with van der Waals surface area (Å²) in [4.78, 5) is 0. The lowest BCUT2D eigenvalue weighted by atomic mass is 10.1. The Balaban J connectivity index is 1.64. The maximum absolute atomic E-state index is 6.18. The second kappa shape index (κ2) is 8.20. The van der Waals surface area contributed by atoms with Gasteiger partial charge in [0, 0.05) is 12.6 Å². The van der Waals surface area contributed by atoms with Gasteiger partial charge in [0.1, 0.15) is 0 Å². The highest BCUT2D eigenvalue weighted by molar-refractivity contribution is 5.43. The summed E-state index contributed by atoms with van der Waals surface area (Å²) in [6.45, 7) is 3.00. The van der Waals surface area contributed by atoms with Crippen LogP contribution in [0.25, 0.3) is 0 Å². The van der Waals surface area contributed by atoms with Gasteiger partial charge >= 0.3 is 0 Å². The van der Waals surface area contributed by atoms with Crippen molar-refractivity contribution in [2.45, 2.75) is 51.3 Å². The molecule has 128 valence electrons. The molecule has 0 spiro atoms. The molecule has 24 heavy (non-hydrogen) atoms. The first-order chi connectivity index (χ1) is 11.8. The third-order valence-corrected chi connectivity index (χ3v) is 4.74. The minimum absolute atomic E-state index is 0.313. The van der Waals surface area contributed by atoms with Gasteiger partial charge in [0.15, 0.2) is 11.5 Å². The molecule has 3 nitrogen and oxygen atoms in total. The molecule has 0 amide bonds. The molecule has 2 aromatic rings. The van der Waals surface area contributed by atoms with E-state index >= 15 is 0 Å². The quantitative estimate of drug-likeness (QED) is 0.788. The Morgan fingerprint density at radius 1 is 1.04 bits per heavy atom. The number of hydrogen-bond donors (Lipinski definition) is 1. The average molecular weight is 325 g/mol. The predicted molar refractivity (Wildman–Crippen MR) is 97.6 cm³/mol. The molecule has 1 unspecified atom stereocenters. The Hall–Kier alpha value is -2.00. The Bertz CT molecular complexity index is 636. The molecule has 3 rings (SSSR count). The number of hydrogen-bond acceptors (Lipinski definition) is 3. The number of methoxy groups -OCH3 is 1. The zero-order valence-corrected chi connectivity index (χ0v) is 14.6. The summed E-state index contributed by atoms with van der Waals surface area (Å²) in [6, 6.07) is 17.0. The molecule has 0 bridgehead atoms. The number of ether oxygens (including phenoxy) is 2. The van der Waals surface area contributed by atoms with Gasteiger partial charge in [-0.3, -0.25) is 0 Å². The summed E-state index contributed by atoms with van der Waals surface area (Å²) >= 11 is 0. The van der Waals surface area contributed by atoms with Gasteiger partial charge in [0.25, 0.3) is 0 Å².